The Morgan fingerprint density at radius 3 is 3.05 bits per heavy atom. The molecule has 0 aliphatic carbocycles. The zero-order valence-corrected chi connectivity index (χ0v) is 14.1. The van der Waals surface area contributed by atoms with E-state index in [9.17, 15) is 0 Å². The van der Waals surface area contributed by atoms with E-state index in [1.54, 1.807) is 11.3 Å². The Labute approximate surface area is 131 Å². The maximum atomic E-state index is 5.94. The normalized spacial score (nSPS) is 22.1. The van der Waals surface area contributed by atoms with E-state index in [0.29, 0.717) is 18.0 Å². The fraction of sp³-hybridized carbons (Fsp3) is 0.800. The molecule has 5 heteroatoms. The standard InChI is InChI=1S/C15H25ClN2OS/c1-3-8-19-13-6-5-7-18(10-13)14(4-2)15-17-12(9-16)11-20-15/h11,13-14H,3-10H2,1-2H3. The van der Waals surface area contributed by atoms with Gasteiger partial charge in [0, 0.05) is 18.5 Å². The number of alkyl halides is 1. The maximum Gasteiger partial charge on any atom is 0.110 e. The van der Waals surface area contributed by atoms with E-state index in [1.807, 2.05) is 0 Å². The average Bonchev–Trinajstić information content (AvgIpc) is 2.95. The number of rotatable bonds is 7. The van der Waals surface area contributed by atoms with Gasteiger partial charge in [0.2, 0.25) is 0 Å². The van der Waals surface area contributed by atoms with Crippen LogP contribution in [0, 0.1) is 0 Å². The van der Waals surface area contributed by atoms with Gasteiger partial charge in [0.15, 0.2) is 0 Å². The molecule has 1 aliphatic heterocycles. The van der Waals surface area contributed by atoms with Crippen LogP contribution in [0.1, 0.15) is 56.3 Å². The number of nitrogens with zero attached hydrogens (tertiary/aromatic N) is 2. The number of aromatic nitrogens is 1. The second kappa shape index (κ2) is 8.32. The Hall–Kier alpha value is -0.160. The lowest BCUT2D eigenvalue weighted by molar-refractivity contribution is -0.0135. The van der Waals surface area contributed by atoms with Crippen molar-refractivity contribution in [3.63, 3.8) is 0 Å². The summed E-state index contributed by atoms with van der Waals surface area (Å²) in [5, 5.41) is 3.29. The third kappa shape index (κ3) is 4.17. The number of piperidine rings is 1. The molecule has 1 aromatic rings. The molecule has 0 radical (unpaired) electrons. The minimum atomic E-state index is 0.394. The molecule has 2 rings (SSSR count). The molecule has 2 atom stereocenters. The SMILES string of the molecule is CCCOC1CCCN(C(CC)c2nc(CCl)cs2)C1. The summed E-state index contributed by atoms with van der Waals surface area (Å²) >= 11 is 7.61. The lowest BCUT2D eigenvalue weighted by Crippen LogP contribution is -2.41. The molecule has 0 aromatic carbocycles. The van der Waals surface area contributed by atoms with Crippen molar-refractivity contribution in [3.8, 4) is 0 Å². The molecular formula is C15H25ClN2OS. The van der Waals surface area contributed by atoms with Crippen LogP contribution < -0.4 is 0 Å². The first kappa shape index (κ1) is 16.2. The van der Waals surface area contributed by atoms with Crippen molar-refractivity contribution in [3.05, 3.63) is 16.1 Å². The van der Waals surface area contributed by atoms with Gasteiger partial charge >= 0.3 is 0 Å². The number of ether oxygens (including phenoxy) is 1. The smallest absolute Gasteiger partial charge is 0.110 e. The van der Waals surface area contributed by atoms with Gasteiger partial charge in [-0.15, -0.1) is 22.9 Å². The molecule has 1 aliphatic rings. The number of halogens is 1. The van der Waals surface area contributed by atoms with E-state index in [1.165, 1.54) is 17.8 Å². The fourth-order valence-electron chi connectivity index (χ4n) is 2.80. The molecule has 0 saturated carbocycles. The van der Waals surface area contributed by atoms with Crippen LogP contribution in [-0.4, -0.2) is 35.7 Å². The van der Waals surface area contributed by atoms with Crippen LogP contribution >= 0.6 is 22.9 Å². The molecule has 0 amide bonds. The third-order valence-corrected chi connectivity index (χ3v) is 5.05. The van der Waals surface area contributed by atoms with Gasteiger partial charge in [-0.25, -0.2) is 4.98 Å². The molecule has 1 fully saturated rings. The van der Waals surface area contributed by atoms with Crippen molar-refractivity contribution in [2.45, 2.75) is 57.6 Å². The monoisotopic (exact) mass is 316 g/mol. The molecule has 0 N–H and O–H groups in total. The van der Waals surface area contributed by atoms with Crippen molar-refractivity contribution >= 4 is 22.9 Å². The highest BCUT2D eigenvalue weighted by Crippen LogP contribution is 2.30. The summed E-state index contributed by atoms with van der Waals surface area (Å²) in [5.74, 6) is 0.509. The first-order valence-electron chi connectivity index (χ1n) is 7.64. The van der Waals surface area contributed by atoms with Gasteiger partial charge in [-0.3, -0.25) is 4.90 Å². The van der Waals surface area contributed by atoms with Crippen LogP contribution in [0.5, 0.6) is 0 Å². The number of hydrogen-bond donors (Lipinski definition) is 0. The average molecular weight is 317 g/mol. The predicted molar refractivity (Wildman–Crippen MR) is 85.5 cm³/mol. The summed E-state index contributed by atoms with van der Waals surface area (Å²) in [6.07, 6.45) is 5.00. The van der Waals surface area contributed by atoms with Gasteiger partial charge in [0.25, 0.3) is 0 Å². The summed E-state index contributed by atoms with van der Waals surface area (Å²) in [6, 6.07) is 0.421. The van der Waals surface area contributed by atoms with E-state index >= 15 is 0 Å². The summed E-state index contributed by atoms with van der Waals surface area (Å²) in [4.78, 5) is 7.21. The summed E-state index contributed by atoms with van der Waals surface area (Å²) in [5.41, 5.74) is 1.00. The van der Waals surface area contributed by atoms with Crippen LogP contribution in [0.15, 0.2) is 5.38 Å². The van der Waals surface area contributed by atoms with Crippen molar-refractivity contribution in [1.29, 1.82) is 0 Å². The quantitative estimate of drug-likeness (QED) is 0.704. The maximum absolute atomic E-state index is 5.94. The van der Waals surface area contributed by atoms with Gasteiger partial charge in [0.1, 0.15) is 5.01 Å². The fourth-order valence-corrected chi connectivity index (χ4v) is 4.06. The topological polar surface area (TPSA) is 25.4 Å². The predicted octanol–water partition coefficient (Wildman–Crippen LogP) is 4.22. The van der Waals surface area contributed by atoms with Gasteiger partial charge in [-0.1, -0.05) is 13.8 Å². The van der Waals surface area contributed by atoms with Crippen LogP contribution in [-0.2, 0) is 10.6 Å². The molecule has 2 unspecified atom stereocenters. The second-order valence-electron chi connectivity index (χ2n) is 5.36. The molecule has 2 heterocycles. The highest BCUT2D eigenvalue weighted by Gasteiger charge is 2.27. The van der Waals surface area contributed by atoms with E-state index in [4.69, 9.17) is 16.3 Å². The Morgan fingerprint density at radius 1 is 1.55 bits per heavy atom. The van der Waals surface area contributed by atoms with Crippen LogP contribution in [0.25, 0.3) is 0 Å². The van der Waals surface area contributed by atoms with Crippen molar-refractivity contribution in [1.82, 2.24) is 9.88 Å². The van der Waals surface area contributed by atoms with Gasteiger partial charge in [-0.05, 0) is 32.2 Å². The Balaban J connectivity index is 1.99. The lowest BCUT2D eigenvalue weighted by Gasteiger charge is -2.37. The van der Waals surface area contributed by atoms with Crippen molar-refractivity contribution in [2.24, 2.45) is 0 Å². The zero-order valence-electron chi connectivity index (χ0n) is 12.5. The third-order valence-electron chi connectivity index (χ3n) is 3.79. The van der Waals surface area contributed by atoms with Crippen LogP contribution in [0.3, 0.4) is 0 Å². The van der Waals surface area contributed by atoms with E-state index < -0.39 is 0 Å². The molecule has 0 bridgehead atoms. The minimum absolute atomic E-state index is 0.394. The van der Waals surface area contributed by atoms with Crippen LogP contribution in [0.2, 0.25) is 0 Å². The molecule has 20 heavy (non-hydrogen) atoms. The van der Waals surface area contributed by atoms with Crippen molar-refractivity contribution in [2.75, 3.05) is 19.7 Å². The molecular weight excluding hydrogens is 292 g/mol. The van der Waals surface area contributed by atoms with Gasteiger partial charge < -0.3 is 4.74 Å². The first-order chi connectivity index (χ1) is 9.78. The number of thiazole rings is 1. The number of likely N-dealkylation sites (tertiary alicyclic amines) is 1. The number of hydrogen-bond acceptors (Lipinski definition) is 4. The summed E-state index contributed by atoms with van der Waals surface area (Å²) < 4.78 is 5.94. The van der Waals surface area contributed by atoms with Gasteiger partial charge in [0.05, 0.1) is 23.7 Å². The van der Waals surface area contributed by atoms with Gasteiger partial charge in [-0.2, -0.15) is 0 Å². The highest BCUT2D eigenvalue weighted by atomic mass is 35.5. The molecule has 1 aromatic heterocycles. The molecule has 1 saturated heterocycles. The molecule has 3 nitrogen and oxygen atoms in total. The Morgan fingerprint density at radius 2 is 2.40 bits per heavy atom. The highest BCUT2D eigenvalue weighted by molar-refractivity contribution is 7.09. The zero-order chi connectivity index (χ0) is 14.4. The molecule has 114 valence electrons. The largest absolute Gasteiger partial charge is 0.377 e. The second-order valence-corrected chi connectivity index (χ2v) is 6.52. The lowest BCUT2D eigenvalue weighted by atomic mass is 10.0. The van der Waals surface area contributed by atoms with E-state index in [-0.39, 0.29) is 0 Å². The minimum Gasteiger partial charge on any atom is -0.377 e. The van der Waals surface area contributed by atoms with Crippen LogP contribution in [0.4, 0.5) is 0 Å². The Bertz CT molecular complexity index is 399. The summed E-state index contributed by atoms with van der Waals surface area (Å²) in [7, 11) is 0. The molecule has 0 spiro atoms. The van der Waals surface area contributed by atoms with Crippen molar-refractivity contribution < 1.29 is 4.74 Å². The Kier molecular flexibility index (Phi) is 6.75. The van der Waals surface area contributed by atoms with E-state index in [2.05, 4.69) is 29.1 Å². The van der Waals surface area contributed by atoms with E-state index in [0.717, 1.165) is 38.2 Å². The summed E-state index contributed by atoms with van der Waals surface area (Å²) in [6.45, 7) is 7.47. The first-order valence-corrected chi connectivity index (χ1v) is 9.05.